The van der Waals surface area contributed by atoms with E-state index in [0.29, 0.717) is 6.04 Å². The molecule has 0 atom stereocenters. The lowest BCUT2D eigenvalue weighted by Crippen LogP contribution is -2.30. The molecule has 0 unspecified atom stereocenters. The van der Waals surface area contributed by atoms with Crippen molar-refractivity contribution in [3.63, 3.8) is 0 Å². The SMILES string of the molecule is CCCc1nc(N(C)C(CC)CC)sc1CNCCOC. The van der Waals surface area contributed by atoms with Crippen molar-refractivity contribution in [2.75, 3.05) is 32.2 Å². The first-order valence-corrected chi connectivity index (χ1v) is 8.90. The quantitative estimate of drug-likeness (QED) is 0.635. The fourth-order valence-electron chi connectivity index (χ4n) is 2.46. The molecule has 0 radical (unpaired) electrons. The number of nitrogens with zero attached hydrogens (tertiary/aromatic N) is 2. The molecular weight excluding hydrogens is 282 g/mol. The summed E-state index contributed by atoms with van der Waals surface area (Å²) in [7, 11) is 3.91. The standard InChI is InChI=1S/C16H31N3OS/c1-6-9-14-15(12-17-10-11-20-5)21-16(18-14)19(4)13(7-2)8-3/h13,17H,6-12H2,1-5H3. The normalized spacial score (nSPS) is 11.3. The molecule has 1 aromatic rings. The molecule has 0 aliphatic heterocycles. The number of aryl methyl sites for hydroxylation is 1. The summed E-state index contributed by atoms with van der Waals surface area (Å²) >= 11 is 1.84. The van der Waals surface area contributed by atoms with Gasteiger partial charge in [0.25, 0.3) is 0 Å². The number of ether oxygens (including phenoxy) is 1. The van der Waals surface area contributed by atoms with Crippen molar-refractivity contribution < 1.29 is 4.74 Å². The van der Waals surface area contributed by atoms with E-state index in [2.05, 4.69) is 38.0 Å². The topological polar surface area (TPSA) is 37.4 Å². The third kappa shape index (κ3) is 5.57. The molecular formula is C16H31N3OS. The second-order valence-electron chi connectivity index (χ2n) is 5.37. The number of rotatable bonds is 11. The predicted octanol–water partition coefficient (Wildman–Crippen LogP) is 3.46. The van der Waals surface area contributed by atoms with Gasteiger partial charge in [-0.3, -0.25) is 0 Å². The lowest BCUT2D eigenvalue weighted by Gasteiger charge is -2.25. The number of methoxy groups -OCH3 is 1. The van der Waals surface area contributed by atoms with Gasteiger partial charge in [0, 0.05) is 38.2 Å². The number of hydrogen-bond acceptors (Lipinski definition) is 5. The van der Waals surface area contributed by atoms with Gasteiger partial charge in [-0.25, -0.2) is 4.98 Å². The molecule has 1 aromatic heterocycles. The van der Waals surface area contributed by atoms with Crippen molar-refractivity contribution in [2.45, 2.75) is 59.0 Å². The Morgan fingerprint density at radius 3 is 2.57 bits per heavy atom. The Morgan fingerprint density at radius 2 is 2.00 bits per heavy atom. The molecule has 0 bridgehead atoms. The van der Waals surface area contributed by atoms with Crippen LogP contribution >= 0.6 is 11.3 Å². The van der Waals surface area contributed by atoms with E-state index in [-0.39, 0.29) is 0 Å². The van der Waals surface area contributed by atoms with Gasteiger partial charge < -0.3 is 15.0 Å². The number of thiazole rings is 1. The molecule has 0 aliphatic rings. The van der Waals surface area contributed by atoms with Gasteiger partial charge in [-0.15, -0.1) is 11.3 Å². The van der Waals surface area contributed by atoms with Crippen LogP contribution in [0.5, 0.6) is 0 Å². The number of hydrogen-bond donors (Lipinski definition) is 1. The Kier molecular flexibility index (Phi) is 8.88. The lowest BCUT2D eigenvalue weighted by atomic mass is 10.1. The molecule has 1 N–H and O–H groups in total. The first-order chi connectivity index (χ1) is 10.2. The zero-order valence-corrected chi connectivity index (χ0v) is 15.1. The monoisotopic (exact) mass is 313 g/mol. The molecule has 0 amide bonds. The molecule has 1 rings (SSSR count). The Bertz CT molecular complexity index is 391. The van der Waals surface area contributed by atoms with E-state index in [1.165, 1.54) is 10.6 Å². The van der Waals surface area contributed by atoms with E-state index in [0.717, 1.165) is 50.5 Å². The molecule has 0 spiro atoms. The average molecular weight is 314 g/mol. The molecule has 5 heteroatoms. The number of aromatic nitrogens is 1. The van der Waals surface area contributed by atoms with Gasteiger partial charge in [0.2, 0.25) is 0 Å². The Morgan fingerprint density at radius 1 is 1.29 bits per heavy atom. The molecule has 21 heavy (non-hydrogen) atoms. The molecule has 4 nitrogen and oxygen atoms in total. The van der Waals surface area contributed by atoms with Crippen LogP contribution in [0, 0.1) is 0 Å². The van der Waals surface area contributed by atoms with Gasteiger partial charge in [-0.05, 0) is 19.3 Å². The van der Waals surface area contributed by atoms with Crippen molar-refractivity contribution in [1.82, 2.24) is 10.3 Å². The van der Waals surface area contributed by atoms with E-state index >= 15 is 0 Å². The smallest absolute Gasteiger partial charge is 0.185 e. The van der Waals surface area contributed by atoms with Gasteiger partial charge in [-0.2, -0.15) is 0 Å². The number of nitrogens with one attached hydrogen (secondary N) is 1. The maximum Gasteiger partial charge on any atom is 0.185 e. The van der Waals surface area contributed by atoms with Crippen molar-refractivity contribution in [2.24, 2.45) is 0 Å². The summed E-state index contributed by atoms with van der Waals surface area (Å²) in [6.07, 6.45) is 4.53. The summed E-state index contributed by atoms with van der Waals surface area (Å²) in [5, 5.41) is 4.60. The highest BCUT2D eigenvalue weighted by Gasteiger charge is 2.17. The maximum atomic E-state index is 5.08. The van der Waals surface area contributed by atoms with Crippen molar-refractivity contribution in [3.8, 4) is 0 Å². The minimum atomic E-state index is 0.583. The lowest BCUT2D eigenvalue weighted by molar-refractivity contribution is 0.199. The molecule has 122 valence electrons. The van der Waals surface area contributed by atoms with E-state index in [1.54, 1.807) is 7.11 Å². The van der Waals surface area contributed by atoms with Gasteiger partial charge in [0.1, 0.15) is 0 Å². The van der Waals surface area contributed by atoms with Gasteiger partial charge in [0.15, 0.2) is 5.13 Å². The van der Waals surface area contributed by atoms with Gasteiger partial charge >= 0.3 is 0 Å². The van der Waals surface area contributed by atoms with Crippen LogP contribution in [0.15, 0.2) is 0 Å². The summed E-state index contributed by atoms with van der Waals surface area (Å²) in [6.45, 7) is 9.25. The van der Waals surface area contributed by atoms with Crippen molar-refractivity contribution >= 4 is 16.5 Å². The molecule has 0 saturated heterocycles. The second-order valence-corrected chi connectivity index (χ2v) is 6.43. The van der Waals surface area contributed by atoms with Gasteiger partial charge in [0.05, 0.1) is 12.3 Å². The van der Waals surface area contributed by atoms with Crippen LogP contribution in [-0.4, -0.2) is 38.3 Å². The summed E-state index contributed by atoms with van der Waals surface area (Å²) in [5.41, 5.74) is 1.26. The van der Waals surface area contributed by atoms with Crippen LogP contribution in [0.2, 0.25) is 0 Å². The van der Waals surface area contributed by atoms with Gasteiger partial charge in [-0.1, -0.05) is 27.2 Å². The van der Waals surface area contributed by atoms with Crippen molar-refractivity contribution in [3.05, 3.63) is 10.6 Å². The molecule has 1 heterocycles. The largest absolute Gasteiger partial charge is 0.383 e. The fraction of sp³-hybridized carbons (Fsp3) is 0.812. The minimum absolute atomic E-state index is 0.583. The molecule has 0 fully saturated rings. The van der Waals surface area contributed by atoms with E-state index in [4.69, 9.17) is 9.72 Å². The Hall–Kier alpha value is -0.650. The highest BCUT2D eigenvalue weighted by molar-refractivity contribution is 7.15. The summed E-state index contributed by atoms with van der Waals surface area (Å²) < 4.78 is 5.08. The number of anilines is 1. The van der Waals surface area contributed by atoms with E-state index in [9.17, 15) is 0 Å². The first-order valence-electron chi connectivity index (χ1n) is 8.08. The average Bonchev–Trinajstić information content (AvgIpc) is 2.88. The van der Waals surface area contributed by atoms with Crippen LogP contribution in [0.1, 0.15) is 50.6 Å². The third-order valence-electron chi connectivity index (χ3n) is 3.81. The molecule has 0 aliphatic carbocycles. The van der Waals surface area contributed by atoms with Crippen molar-refractivity contribution in [1.29, 1.82) is 0 Å². The van der Waals surface area contributed by atoms with E-state index in [1.807, 2.05) is 11.3 Å². The minimum Gasteiger partial charge on any atom is -0.383 e. The second kappa shape index (κ2) is 10.1. The fourth-order valence-corrected chi connectivity index (χ4v) is 3.57. The zero-order chi connectivity index (χ0) is 15.7. The third-order valence-corrected chi connectivity index (χ3v) is 5.00. The maximum absolute atomic E-state index is 5.08. The van der Waals surface area contributed by atoms with Crippen LogP contribution in [0.25, 0.3) is 0 Å². The Labute approximate surface area is 133 Å². The predicted molar refractivity (Wildman–Crippen MR) is 92.5 cm³/mol. The summed E-state index contributed by atoms with van der Waals surface area (Å²) in [5.74, 6) is 0. The van der Waals surface area contributed by atoms with E-state index < -0.39 is 0 Å². The Balaban J connectivity index is 2.77. The zero-order valence-electron chi connectivity index (χ0n) is 14.2. The van der Waals surface area contributed by atoms with Crippen LogP contribution < -0.4 is 10.2 Å². The van der Waals surface area contributed by atoms with Crippen LogP contribution in [0.4, 0.5) is 5.13 Å². The summed E-state index contributed by atoms with van der Waals surface area (Å²) in [6, 6.07) is 0.583. The molecule has 0 saturated carbocycles. The first kappa shape index (κ1) is 18.4. The highest BCUT2D eigenvalue weighted by Crippen LogP contribution is 2.29. The van der Waals surface area contributed by atoms with Crippen LogP contribution in [-0.2, 0) is 17.7 Å². The highest BCUT2D eigenvalue weighted by atomic mass is 32.1. The van der Waals surface area contributed by atoms with Crippen LogP contribution in [0.3, 0.4) is 0 Å². The molecule has 0 aromatic carbocycles. The summed E-state index contributed by atoms with van der Waals surface area (Å²) in [4.78, 5) is 8.61.